The first-order valence-electron chi connectivity index (χ1n) is 7.60. The topological polar surface area (TPSA) is 48.4 Å². The van der Waals surface area contributed by atoms with Crippen molar-refractivity contribution < 1.29 is 14.3 Å². The molecule has 0 saturated heterocycles. The molecule has 0 unspecified atom stereocenters. The minimum atomic E-state index is -0.396. The third-order valence-corrected chi connectivity index (χ3v) is 4.62. The van der Waals surface area contributed by atoms with Gasteiger partial charge in [0.1, 0.15) is 10.8 Å². The summed E-state index contributed by atoms with van der Waals surface area (Å²) in [4.78, 5) is 17.6. The molecule has 1 aromatic heterocycles. The first-order valence-corrected chi connectivity index (χ1v) is 8.42. The predicted octanol–water partition coefficient (Wildman–Crippen LogP) is 4.66. The van der Waals surface area contributed by atoms with Gasteiger partial charge in [-0.2, -0.15) is 0 Å². The molecule has 0 N–H and O–H groups in total. The Bertz CT molecular complexity index is 826. The van der Waals surface area contributed by atoms with Crippen molar-refractivity contribution in [3.63, 3.8) is 0 Å². The van der Waals surface area contributed by atoms with Crippen molar-refractivity contribution in [1.82, 2.24) is 4.98 Å². The van der Waals surface area contributed by atoms with Gasteiger partial charge in [0, 0.05) is 5.56 Å². The van der Waals surface area contributed by atoms with E-state index >= 15 is 0 Å². The second-order valence-electron chi connectivity index (χ2n) is 5.01. The fourth-order valence-electron chi connectivity index (χ4n) is 2.30. The summed E-state index contributed by atoms with van der Waals surface area (Å²) in [6, 6.07) is 17.4. The maximum absolute atomic E-state index is 12.3. The molecule has 0 aliphatic carbocycles. The molecule has 0 aliphatic rings. The van der Waals surface area contributed by atoms with Crippen molar-refractivity contribution >= 4 is 17.3 Å². The van der Waals surface area contributed by atoms with Crippen molar-refractivity contribution in [2.45, 2.75) is 6.92 Å². The fourth-order valence-corrected chi connectivity index (χ4v) is 3.36. The summed E-state index contributed by atoms with van der Waals surface area (Å²) >= 11 is 1.48. The third-order valence-electron chi connectivity index (χ3n) is 3.47. The van der Waals surface area contributed by atoms with Gasteiger partial charge in [0.15, 0.2) is 5.69 Å². The first-order chi connectivity index (χ1) is 11.7. The first kappa shape index (κ1) is 16.2. The van der Waals surface area contributed by atoms with E-state index < -0.39 is 5.97 Å². The van der Waals surface area contributed by atoms with E-state index in [0.29, 0.717) is 12.3 Å². The summed E-state index contributed by atoms with van der Waals surface area (Å²) in [5, 5.41) is 0.777. The number of nitrogens with zero attached hydrogens (tertiary/aromatic N) is 1. The Labute approximate surface area is 144 Å². The molecule has 24 heavy (non-hydrogen) atoms. The lowest BCUT2D eigenvalue weighted by molar-refractivity contribution is 0.0521. The maximum Gasteiger partial charge on any atom is 0.358 e. The molecule has 1 heterocycles. The van der Waals surface area contributed by atoms with Gasteiger partial charge >= 0.3 is 5.97 Å². The number of hydrogen-bond acceptors (Lipinski definition) is 5. The van der Waals surface area contributed by atoms with Crippen LogP contribution < -0.4 is 4.74 Å². The van der Waals surface area contributed by atoms with E-state index in [1.165, 1.54) is 11.3 Å². The summed E-state index contributed by atoms with van der Waals surface area (Å²) in [6.45, 7) is 2.11. The Balaban J connectivity index is 2.06. The van der Waals surface area contributed by atoms with E-state index in [1.807, 2.05) is 54.6 Å². The predicted molar refractivity (Wildman–Crippen MR) is 95.5 cm³/mol. The van der Waals surface area contributed by atoms with E-state index in [0.717, 1.165) is 26.8 Å². The molecular weight excluding hydrogens is 322 g/mol. The van der Waals surface area contributed by atoms with Crippen LogP contribution in [-0.4, -0.2) is 24.7 Å². The van der Waals surface area contributed by atoms with Gasteiger partial charge in [-0.15, -0.1) is 11.3 Å². The largest absolute Gasteiger partial charge is 0.497 e. The van der Waals surface area contributed by atoms with E-state index in [9.17, 15) is 4.79 Å². The van der Waals surface area contributed by atoms with Crippen molar-refractivity contribution in [2.24, 2.45) is 0 Å². The Kier molecular flexibility index (Phi) is 4.91. The van der Waals surface area contributed by atoms with Gasteiger partial charge in [-0.05, 0) is 36.8 Å². The fraction of sp³-hybridized carbons (Fsp3) is 0.158. The van der Waals surface area contributed by atoms with Crippen LogP contribution >= 0.6 is 11.3 Å². The quantitative estimate of drug-likeness (QED) is 0.634. The Hall–Kier alpha value is -2.66. The molecule has 0 atom stereocenters. The second kappa shape index (κ2) is 7.27. The van der Waals surface area contributed by atoms with Crippen LogP contribution in [0.25, 0.3) is 21.0 Å². The molecule has 3 aromatic rings. The molecule has 0 spiro atoms. The van der Waals surface area contributed by atoms with Gasteiger partial charge in [-0.25, -0.2) is 9.78 Å². The van der Waals surface area contributed by atoms with Crippen LogP contribution in [0.1, 0.15) is 17.4 Å². The van der Waals surface area contributed by atoms with Crippen LogP contribution in [0.2, 0.25) is 0 Å². The zero-order valence-corrected chi connectivity index (χ0v) is 14.3. The lowest BCUT2D eigenvalue weighted by atomic mass is 10.1. The number of rotatable bonds is 5. The molecule has 122 valence electrons. The summed E-state index contributed by atoms with van der Waals surface area (Å²) in [6.07, 6.45) is 0. The van der Waals surface area contributed by atoms with Crippen molar-refractivity contribution in [3.05, 3.63) is 60.3 Å². The van der Waals surface area contributed by atoms with Gasteiger partial charge in [0.2, 0.25) is 0 Å². The van der Waals surface area contributed by atoms with E-state index in [4.69, 9.17) is 9.47 Å². The number of benzene rings is 2. The summed E-state index contributed by atoms with van der Waals surface area (Å²) < 4.78 is 10.3. The average molecular weight is 339 g/mol. The number of thiazole rings is 1. The van der Waals surface area contributed by atoms with Crippen LogP contribution in [0.3, 0.4) is 0 Å². The maximum atomic E-state index is 12.3. The molecule has 3 rings (SSSR count). The van der Waals surface area contributed by atoms with E-state index in [2.05, 4.69) is 4.98 Å². The second-order valence-corrected chi connectivity index (χ2v) is 6.01. The van der Waals surface area contributed by atoms with Gasteiger partial charge in [-0.3, -0.25) is 0 Å². The van der Waals surface area contributed by atoms with Crippen molar-refractivity contribution in [1.29, 1.82) is 0 Å². The highest BCUT2D eigenvalue weighted by Gasteiger charge is 2.21. The molecule has 0 bridgehead atoms. The molecule has 4 nitrogen and oxygen atoms in total. The lowest BCUT2D eigenvalue weighted by Crippen LogP contribution is -2.06. The van der Waals surface area contributed by atoms with Crippen molar-refractivity contribution in [3.8, 4) is 26.8 Å². The average Bonchev–Trinajstić information content (AvgIpc) is 3.08. The number of aromatic nitrogens is 1. The minimum Gasteiger partial charge on any atom is -0.497 e. The zero-order chi connectivity index (χ0) is 16.9. The Morgan fingerprint density at radius 2 is 1.75 bits per heavy atom. The smallest absolute Gasteiger partial charge is 0.358 e. The number of hydrogen-bond donors (Lipinski definition) is 0. The molecule has 2 aromatic carbocycles. The monoisotopic (exact) mass is 339 g/mol. The standard InChI is InChI=1S/C19H17NO3S/c1-3-23-19(21)16-17(13-7-5-4-6-8-13)24-18(20-16)14-9-11-15(22-2)12-10-14/h4-12H,3H2,1-2H3. The molecule has 0 saturated carbocycles. The van der Waals surface area contributed by atoms with Crippen LogP contribution in [0, 0.1) is 0 Å². The molecule has 0 aliphatic heterocycles. The number of carbonyl (C=O) groups is 1. The highest BCUT2D eigenvalue weighted by molar-refractivity contribution is 7.18. The highest BCUT2D eigenvalue weighted by Crippen LogP contribution is 2.36. The number of esters is 1. The Morgan fingerprint density at radius 1 is 1.04 bits per heavy atom. The van der Waals surface area contributed by atoms with E-state index in [-0.39, 0.29) is 0 Å². The van der Waals surface area contributed by atoms with Crippen LogP contribution in [0.4, 0.5) is 0 Å². The van der Waals surface area contributed by atoms with Crippen LogP contribution in [0.15, 0.2) is 54.6 Å². The summed E-state index contributed by atoms with van der Waals surface area (Å²) in [5.41, 5.74) is 2.25. The molecular formula is C19H17NO3S. The molecule has 5 heteroatoms. The summed E-state index contributed by atoms with van der Waals surface area (Å²) in [7, 11) is 1.63. The van der Waals surface area contributed by atoms with E-state index in [1.54, 1.807) is 14.0 Å². The molecule has 0 fully saturated rings. The highest BCUT2D eigenvalue weighted by atomic mass is 32.1. The lowest BCUT2D eigenvalue weighted by Gasteiger charge is -2.01. The number of carbonyl (C=O) groups excluding carboxylic acids is 1. The SMILES string of the molecule is CCOC(=O)c1nc(-c2ccc(OC)cc2)sc1-c1ccccc1. The Morgan fingerprint density at radius 3 is 2.38 bits per heavy atom. The normalized spacial score (nSPS) is 10.4. The molecule has 0 radical (unpaired) electrons. The minimum absolute atomic E-state index is 0.322. The van der Waals surface area contributed by atoms with Crippen LogP contribution in [0.5, 0.6) is 5.75 Å². The van der Waals surface area contributed by atoms with Gasteiger partial charge in [-0.1, -0.05) is 30.3 Å². The number of methoxy groups -OCH3 is 1. The van der Waals surface area contributed by atoms with Gasteiger partial charge < -0.3 is 9.47 Å². The van der Waals surface area contributed by atoms with Gasteiger partial charge in [0.05, 0.1) is 18.6 Å². The third kappa shape index (κ3) is 3.31. The van der Waals surface area contributed by atoms with Crippen molar-refractivity contribution in [2.75, 3.05) is 13.7 Å². The zero-order valence-electron chi connectivity index (χ0n) is 13.5. The van der Waals surface area contributed by atoms with Gasteiger partial charge in [0.25, 0.3) is 0 Å². The molecule has 0 amide bonds. The number of ether oxygens (including phenoxy) is 2. The summed E-state index contributed by atoms with van der Waals surface area (Å²) in [5.74, 6) is 0.386. The van der Waals surface area contributed by atoms with Crippen LogP contribution in [-0.2, 0) is 4.74 Å².